The Kier molecular flexibility index (Phi) is 7.02. The van der Waals surface area contributed by atoms with Crippen molar-refractivity contribution in [2.45, 2.75) is 0 Å². The number of methoxy groups -OCH3 is 1. The highest BCUT2D eigenvalue weighted by Crippen LogP contribution is 2.22. The van der Waals surface area contributed by atoms with Crippen LogP contribution >= 0.6 is 0 Å². The molecule has 9 nitrogen and oxygen atoms in total. The molecule has 1 aliphatic heterocycles. The molecule has 0 radical (unpaired) electrons. The van der Waals surface area contributed by atoms with E-state index in [-0.39, 0.29) is 17.6 Å². The second kappa shape index (κ2) is 10.1. The molecule has 0 aliphatic carbocycles. The molecule has 0 unspecified atom stereocenters. The predicted octanol–water partition coefficient (Wildman–Crippen LogP) is 2.73. The molecular formula is C25H26N4O5S. The Labute approximate surface area is 204 Å². The molecule has 2 amide bonds. The summed E-state index contributed by atoms with van der Waals surface area (Å²) >= 11 is 0. The van der Waals surface area contributed by atoms with E-state index >= 15 is 0 Å². The molecule has 4 rings (SSSR count). The fourth-order valence-electron chi connectivity index (χ4n) is 3.85. The van der Waals surface area contributed by atoms with E-state index in [1.54, 1.807) is 71.6 Å². The van der Waals surface area contributed by atoms with Crippen molar-refractivity contribution in [2.75, 3.05) is 44.3 Å². The second-order valence-corrected chi connectivity index (χ2v) is 9.95. The van der Waals surface area contributed by atoms with Crippen molar-refractivity contribution < 1.29 is 22.7 Å². The van der Waals surface area contributed by atoms with Gasteiger partial charge >= 0.3 is 0 Å². The van der Waals surface area contributed by atoms with E-state index in [1.165, 1.54) is 0 Å². The highest BCUT2D eigenvalue weighted by atomic mass is 32.2. The maximum absolute atomic E-state index is 13.0. The van der Waals surface area contributed by atoms with E-state index in [9.17, 15) is 18.0 Å². The number of anilines is 1. The maximum Gasteiger partial charge on any atom is 0.254 e. The van der Waals surface area contributed by atoms with Gasteiger partial charge in [-0.15, -0.1) is 0 Å². The van der Waals surface area contributed by atoms with Crippen LogP contribution in [0.15, 0.2) is 66.9 Å². The van der Waals surface area contributed by atoms with Crippen LogP contribution in [0.4, 0.5) is 5.82 Å². The third-order valence-electron chi connectivity index (χ3n) is 5.69. The van der Waals surface area contributed by atoms with Gasteiger partial charge in [-0.05, 0) is 48.0 Å². The highest BCUT2D eigenvalue weighted by Gasteiger charge is 2.25. The minimum absolute atomic E-state index is 0.0771. The first-order chi connectivity index (χ1) is 16.7. The molecule has 1 aliphatic rings. The monoisotopic (exact) mass is 494 g/mol. The molecule has 0 bridgehead atoms. The average Bonchev–Trinajstić information content (AvgIpc) is 2.87. The molecule has 3 aromatic rings. The number of nitrogens with zero attached hydrogens (tertiary/aromatic N) is 3. The van der Waals surface area contributed by atoms with Gasteiger partial charge in [0.25, 0.3) is 11.8 Å². The zero-order valence-electron chi connectivity index (χ0n) is 19.5. The normalized spacial score (nSPS) is 13.9. The van der Waals surface area contributed by atoms with Crippen LogP contribution in [-0.2, 0) is 10.0 Å². The summed E-state index contributed by atoms with van der Waals surface area (Å²) < 4.78 is 30.2. The molecule has 10 heteroatoms. The number of nitrogens with one attached hydrogen (secondary N) is 1. The van der Waals surface area contributed by atoms with Crippen molar-refractivity contribution in [3.63, 3.8) is 0 Å². The number of piperazine rings is 1. The first kappa shape index (κ1) is 24.2. The van der Waals surface area contributed by atoms with Gasteiger partial charge in [0.15, 0.2) is 0 Å². The van der Waals surface area contributed by atoms with E-state index in [0.717, 1.165) is 17.4 Å². The van der Waals surface area contributed by atoms with E-state index in [1.807, 2.05) is 12.1 Å². The number of hydrogen-bond donors (Lipinski definition) is 1. The van der Waals surface area contributed by atoms with Crippen molar-refractivity contribution in [1.82, 2.24) is 14.8 Å². The fourth-order valence-corrected chi connectivity index (χ4v) is 4.35. The number of aromatic nitrogens is 1. The molecule has 0 spiro atoms. The SMILES string of the molecule is COc1cccc(C(=O)N2CCN(C(=O)c3ccc(-c4ccc(NS(C)(=O)=O)nc4)cc3)CC2)c1. The van der Waals surface area contributed by atoms with Crippen molar-refractivity contribution in [1.29, 1.82) is 0 Å². The summed E-state index contributed by atoms with van der Waals surface area (Å²) in [5.41, 5.74) is 2.78. The van der Waals surface area contributed by atoms with E-state index < -0.39 is 10.0 Å². The Hall–Kier alpha value is -3.92. The average molecular weight is 495 g/mol. The van der Waals surface area contributed by atoms with Crippen molar-refractivity contribution in [3.8, 4) is 16.9 Å². The molecule has 1 saturated heterocycles. The quantitative estimate of drug-likeness (QED) is 0.565. The lowest BCUT2D eigenvalue weighted by Gasteiger charge is -2.35. The van der Waals surface area contributed by atoms with E-state index in [2.05, 4.69) is 9.71 Å². The van der Waals surface area contributed by atoms with Crippen LogP contribution in [0.1, 0.15) is 20.7 Å². The van der Waals surface area contributed by atoms with Gasteiger partial charge in [-0.2, -0.15) is 0 Å². The topological polar surface area (TPSA) is 109 Å². The van der Waals surface area contributed by atoms with Gasteiger partial charge in [0.05, 0.1) is 13.4 Å². The molecule has 0 saturated carbocycles. The van der Waals surface area contributed by atoms with Gasteiger partial charge in [0, 0.05) is 49.1 Å². The Balaban J connectivity index is 1.36. The molecule has 0 atom stereocenters. The summed E-state index contributed by atoms with van der Waals surface area (Å²) in [6.07, 6.45) is 2.64. The molecule has 2 aromatic carbocycles. The largest absolute Gasteiger partial charge is 0.497 e. The number of hydrogen-bond acceptors (Lipinski definition) is 6. The second-order valence-electron chi connectivity index (χ2n) is 8.20. The standard InChI is InChI=1S/C25H26N4O5S/c1-34-22-5-3-4-20(16-22)25(31)29-14-12-28(13-15-29)24(30)19-8-6-18(7-9-19)21-10-11-23(26-17-21)27-35(2,32)33/h3-11,16-17H,12-15H2,1-2H3,(H,26,27). The molecule has 1 aromatic heterocycles. The predicted molar refractivity (Wildman–Crippen MR) is 133 cm³/mol. The number of carbonyl (C=O) groups excluding carboxylic acids is 2. The molecule has 1 fully saturated rings. The summed E-state index contributed by atoms with van der Waals surface area (Å²) in [6, 6.07) is 17.6. The van der Waals surface area contributed by atoms with Crippen LogP contribution in [0.25, 0.3) is 11.1 Å². The number of amides is 2. The Bertz CT molecular complexity index is 1320. The summed E-state index contributed by atoms with van der Waals surface area (Å²) in [4.78, 5) is 33.4. The fraction of sp³-hybridized carbons (Fsp3) is 0.240. The summed E-state index contributed by atoms with van der Waals surface area (Å²) in [7, 11) is -1.83. The number of carbonyl (C=O) groups is 2. The van der Waals surface area contributed by atoms with Crippen LogP contribution in [0, 0.1) is 0 Å². The number of rotatable bonds is 6. The molecule has 182 valence electrons. The molecule has 2 heterocycles. The lowest BCUT2D eigenvalue weighted by atomic mass is 10.0. The Morgan fingerprint density at radius 3 is 2.00 bits per heavy atom. The molecule has 35 heavy (non-hydrogen) atoms. The van der Waals surface area contributed by atoms with Crippen molar-refractivity contribution in [3.05, 3.63) is 78.0 Å². The summed E-state index contributed by atoms with van der Waals surface area (Å²) in [6.45, 7) is 1.82. The van der Waals surface area contributed by atoms with Gasteiger partial charge in [-0.1, -0.05) is 18.2 Å². The van der Waals surface area contributed by atoms with Gasteiger partial charge in [-0.3, -0.25) is 14.3 Å². The van der Waals surface area contributed by atoms with Crippen LogP contribution in [0.3, 0.4) is 0 Å². The Morgan fingerprint density at radius 2 is 1.46 bits per heavy atom. The maximum atomic E-state index is 13.0. The molecular weight excluding hydrogens is 468 g/mol. The number of sulfonamides is 1. The zero-order valence-corrected chi connectivity index (χ0v) is 20.3. The van der Waals surface area contributed by atoms with Crippen LogP contribution in [0.2, 0.25) is 0 Å². The highest BCUT2D eigenvalue weighted by molar-refractivity contribution is 7.92. The van der Waals surface area contributed by atoms with Crippen LogP contribution in [0.5, 0.6) is 5.75 Å². The zero-order chi connectivity index (χ0) is 25.0. The lowest BCUT2D eigenvalue weighted by molar-refractivity contribution is 0.0535. The first-order valence-corrected chi connectivity index (χ1v) is 12.9. The van der Waals surface area contributed by atoms with Crippen molar-refractivity contribution in [2.24, 2.45) is 0 Å². The lowest BCUT2D eigenvalue weighted by Crippen LogP contribution is -2.50. The van der Waals surface area contributed by atoms with E-state index in [4.69, 9.17) is 4.74 Å². The van der Waals surface area contributed by atoms with E-state index in [0.29, 0.717) is 43.1 Å². The number of pyridine rings is 1. The third-order valence-corrected chi connectivity index (χ3v) is 6.27. The minimum Gasteiger partial charge on any atom is -0.497 e. The summed E-state index contributed by atoms with van der Waals surface area (Å²) in [5, 5.41) is 0. The van der Waals surface area contributed by atoms with Crippen molar-refractivity contribution >= 4 is 27.7 Å². The first-order valence-electron chi connectivity index (χ1n) is 11.0. The summed E-state index contributed by atoms with van der Waals surface area (Å²) in [5.74, 6) is 0.708. The van der Waals surface area contributed by atoms with Crippen LogP contribution < -0.4 is 9.46 Å². The smallest absolute Gasteiger partial charge is 0.254 e. The van der Waals surface area contributed by atoms with Gasteiger partial charge < -0.3 is 14.5 Å². The minimum atomic E-state index is -3.39. The van der Waals surface area contributed by atoms with Crippen LogP contribution in [-0.4, -0.2) is 74.6 Å². The third kappa shape index (κ3) is 5.96. The van der Waals surface area contributed by atoms with Gasteiger partial charge in [0.2, 0.25) is 10.0 Å². The van der Waals surface area contributed by atoms with Gasteiger partial charge in [-0.25, -0.2) is 13.4 Å². The molecule has 1 N–H and O–H groups in total. The number of benzene rings is 2. The number of ether oxygens (including phenoxy) is 1. The Morgan fingerprint density at radius 1 is 0.857 bits per heavy atom. The van der Waals surface area contributed by atoms with Gasteiger partial charge in [0.1, 0.15) is 11.6 Å².